The fourth-order valence-electron chi connectivity index (χ4n) is 5.55. The van der Waals surface area contributed by atoms with Gasteiger partial charge in [0.25, 0.3) is 0 Å². The molecule has 1 heterocycles. The van der Waals surface area contributed by atoms with Gasteiger partial charge in [0.2, 0.25) is 0 Å². The third kappa shape index (κ3) is 7.69. The van der Waals surface area contributed by atoms with Gasteiger partial charge in [-0.15, -0.1) is 0 Å². The summed E-state index contributed by atoms with van der Waals surface area (Å²) in [6.45, 7) is 6.27. The van der Waals surface area contributed by atoms with Crippen LogP contribution in [-0.4, -0.2) is 21.8 Å². The summed E-state index contributed by atoms with van der Waals surface area (Å²) in [5.74, 6) is 0.176. The highest BCUT2D eigenvalue weighted by atomic mass is 32.2. The van der Waals surface area contributed by atoms with Crippen LogP contribution in [0.3, 0.4) is 0 Å². The number of aliphatic carboxylic acids is 1. The SMILES string of the molecule is Cc1ccc2ccc(/C=C/c3cccc([C@@H](CCc4ccccc4C(C)(C)OP)SCC4(CC(=O)O)CC4)c3)nc2c1. The smallest absolute Gasteiger partial charge is 0.303 e. The maximum Gasteiger partial charge on any atom is 0.303 e. The van der Waals surface area contributed by atoms with Crippen molar-refractivity contribution in [1.29, 1.82) is 0 Å². The van der Waals surface area contributed by atoms with E-state index in [1.54, 1.807) is 0 Å². The van der Waals surface area contributed by atoms with Gasteiger partial charge in [-0.1, -0.05) is 72.8 Å². The molecule has 1 N–H and O–H groups in total. The second-order valence-corrected chi connectivity index (χ2v) is 13.6. The fraction of sp³-hybridized carbons (Fsp3) is 0.333. The van der Waals surface area contributed by atoms with Crippen molar-refractivity contribution in [3.63, 3.8) is 0 Å². The van der Waals surface area contributed by atoms with Gasteiger partial charge in [-0.05, 0) is 97.9 Å². The predicted octanol–water partition coefficient (Wildman–Crippen LogP) is 9.42. The zero-order valence-corrected chi connectivity index (χ0v) is 26.6. The number of pyridine rings is 1. The standard InChI is InChI=1S/C36H40NO3PS/c1-25-11-13-28-14-17-30(37-32(28)21-25)16-12-26-7-6-9-29(22-26)33(42-24-36(19-20-36)23-34(38)39)18-15-27-8-4-5-10-31(27)35(2,3)40-41/h4-14,16-17,21-22,33H,15,18-20,23-24,41H2,1-3H3,(H,38,39)/b16-12+/t33-/m1/s1. The van der Waals surface area contributed by atoms with Gasteiger partial charge in [-0.3, -0.25) is 4.79 Å². The summed E-state index contributed by atoms with van der Waals surface area (Å²) in [7, 11) is 2.41. The van der Waals surface area contributed by atoms with Crippen LogP contribution in [0.15, 0.2) is 78.9 Å². The molecule has 1 aromatic heterocycles. The van der Waals surface area contributed by atoms with Crippen molar-refractivity contribution in [2.45, 2.75) is 63.7 Å². The number of benzene rings is 3. The van der Waals surface area contributed by atoms with Crippen molar-refractivity contribution in [3.8, 4) is 0 Å². The molecule has 1 fully saturated rings. The van der Waals surface area contributed by atoms with Crippen molar-refractivity contribution in [2.75, 3.05) is 5.75 Å². The molecular formula is C36H40NO3PS. The molecule has 5 rings (SSSR count). The normalized spacial score (nSPS) is 15.2. The maximum atomic E-state index is 11.5. The zero-order valence-electron chi connectivity index (χ0n) is 24.7. The minimum absolute atomic E-state index is 0.0560. The van der Waals surface area contributed by atoms with Gasteiger partial charge < -0.3 is 9.63 Å². The summed E-state index contributed by atoms with van der Waals surface area (Å²) in [4.78, 5) is 16.4. The minimum Gasteiger partial charge on any atom is -0.481 e. The number of carbonyl (C=O) groups is 1. The molecule has 218 valence electrons. The number of aromatic nitrogens is 1. The summed E-state index contributed by atoms with van der Waals surface area (Å²) in [6, 6.07) is 27.8. The monoisotopic (exact) mass is 597 g/mol. The highest BCUT2D eigenvalue weighted by Crippen LogP contribution is 2.53. The number of carboxylic acid groups (broad SMARTS) is 1. The molecule has 6 heteroatoms. The highest BCUT2D eigenvalue weighted by molar-refractivity contribution is 7.99. The number of aryl methyl sites for hydroxylation is 2. The second kappa shape index (κ2) is 13.1. The van der Waals surface area contributed by atoms with Crippen LogP contribution in [0.25, 0.3) is 23.1 Å². The van der Waals surface area contributed by atoms with E-state index in [9.17, 15) is 9.90 Å². The summed E-state index contributed by atoms with van der Waals surface area (Å²) in [5.41, 5.74) is 7.58. The molecule has 1 aliphatic rings. The van der Waals surface area contributed by atoms with Gasteiger partial charge >= 0.3 is 5.97 Å². The number of fused-ring (bicyclic) bond motifs is 1. The molecule has 0 bridgehead atoms. The van der Waals surface area contributed by atoms with Crippen LogP contribution >= 0.6 is 21.2 Å². The summed E-state index contributed by atoms with van der Waals surface area (Å²) >= 11 is 1.92. The van der Waals surface area contributed by atoms with E-state index in [1.165, 1.54) is 22.3 Å². The molecule has 4 aromatic rings. The molecule has 3 aromatic carbocycles. The Kier molecular flexibility index (Phi) is 9.52. The Morgan fingerprint density at radius 3 is 2.62 bits per heavy atom. The van der Waals surface area contributed by atoms with E-state index in [2.05, 4.69) is 121 Å². The first-order chi connectivity index (χ1) is 20.2. The molecule has 42 heavy (non-hydrogen) atoms. The van der Waals surface area contributed by atoms with Crippen LogP contribution in [0.1, 0.15) is 78.3 Å². The quantitative estimate of drug-likeness (QED) is 0.156. The Balaban J connectivity index is 1.38. The van der Waals surface area contributed by atoms with Gasteiger partial charge in [0, 0.05) is 25.9 Å². The lowest BCUT2D eigenvalue weighted by molar-refractivity contribution is -0.138. The third-order valence-electron chi connectivity index (χ3n) is 8.31. The minimum atomic E-state index is -0.692. The Morgan fingerprint density at radius 2 is 1.86 bits per heavy atom. The van der Waals surface area contributed by atoms with Crippen molar-refractivity contribution >= 4 is 50.3 Å². The average molecular weight is 598 g/mol. The molecule has 0 amide bonds. The van der Waals surface area contributed by atoms with Gasteiger partial charge in [-0.25, -0.2) is 4.98 Å². The molecule has 0 spiro atoms. The Morgan fingerprint density at radius 1 is 1.07 bits per heavy atom. The Labute approximate surface area is 256 Å². The molecule has 0 radical (unpaired) electrons. The number of carboxylic acids is 1. The van der Waals surface area contributed by atoms with Gasteiger partial charge in [0.1, 0.15) is 0 Å². The van der Waals surface area contributed by atoms with Crippen LogP contribution < -0.4 is 0 Å². The van der Waals surface area contributed by atoms with Gasteiger partial charge in [0.05, 0.1) is 23.2 Å². The molecule has 4 nitrogen and oxygen atoms in total. The lowest BCUT2D eigenvalue weighted by Crippen LogP contribution is -2.19. The van der Waals surface area contributed by atoms with E-state index in [0.717, 1.165) is 53.6 Å². The van der Waals surface area contributed by atoms with Crippen molar-refractivity contribution in [2.24, 2.45) is 5.41 Å². The molecular weight excluding hydrogens is 557 g/mol. The number of nitrogens with zero attached hydrogens (tertiary/aromatic N) is 1. The van der Waals surface area contributed by atoms with Crippen LogP contribution in [-0.2, 0) is 21.3 Å². The number of rotatable bonds is 13. The van der Waals surface area contributed by atoms with Crippen molar-refractivity contribution < 1.29 is 14.4 Å². The number of hydrogen-bond acceptors (Lipinski definition) is 4. The number of thioether (sulfide) groups is 1. The first kappa shape index (κ1) is 30.5. The van der Waals surface area contributed by atoms with Gasteiger partial charge in [0.15, 0.2) is 0 Å². The zero-order chi connectivity index (χ0) is 29.7. The van der Waals surface area contributed by atoms with Gasteiger partial charge in [-0.2, -0.15) is 11.8 Å². The topological polar surface area (TPSA) is 59.4 Å². The van der Waals surface area contributed by atoms with E-state index < -0.39 is 11.6 Å². The fourth-order valence-corrected chi connectivity index (χ4v) is 7.25. The summed E-state index contributed by atoms with van der Waals surface area (Å²) in [5, 5.41) is 10.9. The largest absolute Gasteiger partial charge is 0.481 e. The summed E-state index contributed by atoms with van der Waals surface area (Å²) < 4.78 is 5.74. The average Bonchev–Trinajstić information content (AvgIpc) is 3.74. The molecule has 0 saturated heterocycles. The van der Waals surface area contributed by atoms with E-state index in [4.69, 9.17) is 9.51 Å². The van der Waals surface area contributed by atoms with Crippen LogP contribution in [0, 0.1) is 12.3 Å². The third-order valence-corrected chi connectivity index (χ3v) is 10.6. The highest BCUT2D eigenvalue weighted by Gasteiger charge is 2.44. The van der Waals surface area contributed by atoms with Crippen LogP contribution in [0.2, 0.25) is 0 Å². The molecule has 1 unspecified atom stereocenters. The second-order valence-electron chi connectivity index (χ2n) is 12.1. The van der Waals surface area contributed by atoms with E-state index >= 15 is 0 Å². The maximum absolute atomic E-state index is 11.5. The van der Waals surface area contributed by atoms with E-state index in [1.807, 2.05) is 11.8 Å². The predicted molar refractivity (Wildman–Crippen MR) is 180 cm³/mol. The summed E-state index contributed by atoms with van der Waals surface area (Å²) in [6.07, 6.45) is 8.35. The van der Waals surface area contributed by atoms with Crippen LogP contribution in [0.4, 0.5) is 0 Å². The number of hydrogen-bond donors (Lipinski definition) is 1. The lowest BCUT2D eigenvalue weighted by Gasteiger charge is -2.27. The molecule has 2 atom stereocenters. The van der Waals surface area contributed by atoms with E-state index in [-0.39, 0.29) is 17.1 Å². The Hall–Kier alpha value is -2.98. The molecule has 1 aliphatic carbocycles. The van der Waals surface area contributed by atoms with Crippen LogP contribution in [0.5, 0.6) is 0 Å². The van der Waals surface area contributed by atoms with Crippen molar-refractivity contribution in [3.05, 3.63) is 112 Å². The lowest BCUT2D eigenvalue weighted by atomic mass is 9.90. The first-order valence-electron chi connectivity index (χ1n) is 14.6. The first-order valence-corrected chi connectivity index (χ1v) is 16.1. The Bertz CT molecular complexity index is 1590. The van der Waals surface area contributed by atoms with Crippen molar-refractivity contribution in [1.82, 2.24) is 4.98 Å². The molecule has 1 saturated carbocycles. The molecule has 0 aliphatic heterocycles. The van der Waals surface area contributed by atoms with E-state index in [0.29, 0.717) is 0 Å².